The van der Waals surface area contributed by atoms with Crippen molar-refractivity contribution in [1.29, 1.82) is 0 Å². The number of nitrogens with one attached hydrogen (secondary N) is 2. The van der Waals surface area contributed by atoms with Crippen LogP contribution < -0.4 is 16.4 Å². The van der Waals surface area contributed by atoms with Crippen LogP contribution in [0.15, 0.2) is 0 Å². The van der Waals surface area contributed by atoms with Crippen LogP contribution in [0, 0.1) is 0 Å². The van der Waals surface area contributed by atoms with E-state index in [9.17, 15) is 14.7 Å². The minimum Gasteiger partial charge on any atom is -0.480 e. The van der Waals surface area contributed by atoms with E-state index < -0.39 is 24.7 Å². The quantitative estimate of drug-likeness (QED) is 0.231. The van der Waals surface area contributed by atoms with Gasteiger partial charge in [0.2, 0.25) is 5.91 Å². The maximum absolute atomic E-state index is 11.5. The number of hydrogen-bond donors (Lipinski definition) is 6. The molecule has 0 aliphatic carbocycles. The maximum atomic E-state index is 11.5. The normalized spacial score (nSPS) is 26.4. The third kappa shape index (κ3) is 5.27. The van der Waals surface area contributed by atoms with Gasteiger partial charge >= 0.3 is 13.1 Å². The molecule has 1 heterocycles. The number of carboxylic acid groups (broad SMARTS) is 1. The molecule has 0 saturated carbocycles. The molecular formula is C12H24BN3O5. The first kappa shape index (κ1) is 17.9. The van der Waals surface area contributed by atoms with Crippen LogP contribution in [0.4, 0.5) is 0 Å². The number of nitrogens with two attached hydrogens (primary N) is 1. The molecule has 7 N–H and O–H groups in total. The molecule has 1 aliphatic heterocycles. The van der Waals surface area contributed by atoms with Crippen molar-refractivity contribution in [3.63, 3.8) is 0 Å². The molecule has 1 aliphatic rings. The molecule has 120 valence electrons. The topological polar surface area (TPSA) is 145 Å². The second-order valence-corrected chi connectivity index (χ2v) is 5.69. The number of carbonyl (C=O) groups is 2. The second-order valence-electron chi connectivity index (χ2n) is 5.69. The lowest BCUT2D eigenvalue weighted by molar-refractivity contribution is -0.144. The summed E-state index contributed by atoms with van der Waals surface area (Å²) in [5.74, 6) is -1.25. The van der Waals surface area contributed by atoms with E-state index in [0.29, 0.717) is 32.2 Å². The second kappa shape index (κ2) is 7.74. The van der Waals surface area contributed by atoms with E-state index in [1.165, 1.54) is 0 Å². The fraction of sp³-hybridized carbons (Fsp3) is 0.833. The van der Waals surface area contributed by atoms with Gasteiger partial charge in [0.05, 0.1) is 6.04 Å². The van der Waals surface area contributed by atoms with Gasteiger partial charge in [0, 0.05) is 12.6 Å². The maximum Gasteiger partial charge on any atom is 0.451 e. The molecule has 21 heavy (non-hydrogen) atoms. The van der Waals surface area contributed by atoms with Gasteiger partial charge in [-0.15, -0.1) is 0 Å². The number of carbonyl (C=O) groups excluding carboxylic acids is 1. The number of rotatable bonds is 8. The third-order valence-electron chi connectivity index (χ3n) is 3.77. The first-order valence-electron chi connectivity index (χ1n) is 7.17. The van der Waals surface area contributed by atoms with Crippen LogP contribution >= 0.6 is 0 Å². The van der Waals surface area contributed by atoms with E-state index in [4.69, 9.17) is 15.8 Å². The smallest absolute Gasteiger partial charge is 0.451 e. The Morgan fingerprint density at radius 3 is 2.67 bits per heavy atom. The number of amides is 1. The van der Waals surface area contributed by atoms with Crippen LogP contribution in [0.2, 0.25) is 6.32 Å². The Labute approximate surface area is 124 Å². The van der Waals surface area contributed by atoms with Crippen molar-refractivity contribution in [2.45, 2.75) is 56.5 Å². The van der Waals surface area contributed by atoms with Crippen LogP contribution in [-0.4, -0.2) is 58.3 Å². The summed E-state index contributed by atoms with van der Waals surface area (Å²) in [6.45, 7) is 1.95. The summed E-state index contributed by atoms with van der Waals surface area (Å²) in [7, 11) is -1.36. The Bertz CT molecular complexity index is 380. The molecule has 1 amide bonds. The first-order chi connectivity index (χ1) is 9.77. The monoisotopic (exact) mass is 301 g/mol. The van der Waals surface area contributed by atoms with E-state index in [1.54, 1.807) is 6.92 Å². The standard InChI is InChI=1S/C12H24BN3O5/c1-8(14)10(17)16-9-6-12(11(18)19,15-7-9)4-2-3-5-13(20)21/h8-9,15,20-21H,2-7,14H2,1H3,(H,16,17)(H,18,19)/t8-,9+,12+/m0/s1. The lowest BCUT2D eigenvalue weighted by Crippen LogP contribution is -2.47. The SMILES string of the molecule is C[C@H](N)C(=O)N[C@H]1CN[C@@](CCCCB(O)O)(C(=O)O)C1. The van der Waals surface area contributed by atoms with Gasteiger partial charge in [-0.2, -0.15) is 0 Å². The Balaban J connectivity index is 2.51. The van der Waals surface area contributed by atoms with Crippen molar-refractivity contribution in [2.24, 2.45) is 5.73 Å². The Morgan fingerprint density at radius 2 is 2.14 bits per heavy atom. The summed E-state index contributed by atoms with van der Waals surface area (Å²) < 4.78 is 0. The molecule has 9 heteroatoms. The Hall–Kier alpha value is -1.16. The van der Waals surface area contributed by atoms with Crippen molar-refractivity contribution in [3.8, 4) is 0 Å². The zero-order chi connectivity index (χ0) is 16.0. The summed E-state index contributed by atoms with van der Waals surface area (Å²) in [5.41, 5.74) is 4.40. The molecule has 0 spiro atoms. The summed E-state index contributed by atoms with van der Waals surface area (Å²) in [6.07, 6.45) is 1.98. The van der Waals surface area contributed by atoms with Crippen LogP contribution in [0.5, 0.6) is 0 Å². The average molecular weight is 301 g/mol. The predicted molar refractivity (Wildman–Crippen MR) is 77.4 cm³/mol. The molecule has 0 radical (unpaired) electrons. The van der Waals surface area contributed by atoms with E-state index in [0.717, 1.165) is 0 Å². The highest BCUT2D eigenvalue weighted by atomic mass is 16.4. The molecule has 1 rings (SSSR count). The molecule has 0 aromatic carbocycles. The number of aliphatic carboxylic acids is 1. The van der Waals surface area contributed by atoms with Crippen molar-refractivity contribution >= 4 is 19.0 Å². The van der Waals surface area contributed by atoms with Crippen molar-refractivity contribution in [2.75, 3.05) is 6.54 Å². The van der Waals surface area contributed by atoms with Crippen molar-refractivity contribution in [1.82, 2.24) is 10.6 Å². The van der Waals surface area contributed by atoms with Gasteiger partial charge in [0.15, 0.2) is 0 Å². The van der Waals surface area contributed by atoms with E-state index in [2.05, 4.69) is 10.6 Å². The molecule has 0 bridgehead atoms. The summed E-state index contributed by atoms with van der Waals surface area (Å²) in [5, 5.41) is 32.7. The molecule has 1 saturated heterocycles. The van der Waals surface area contributed by atoms with Gasteiger partial charge in [-0.1, -0.05) is 12.8 Å². The molecule has 3 atom stereocenters. The fourth-order valence-electron chi connectivity index (χ4n) is 2.53. The zero-order valence-corrected chi connectivity index (χ0v) is 12.2. The lowest BCUT2D eigenvalue weighted by atomic mass is 9.81. The lowest BCUT2D eigenvalue weighted by Gasteiger charge is -2.24. The highest BCUT2D eigenvalue weighted by Gasteiger charge is 2.45. The van der Waals surface area contributed by atoms with E-state index in [-0.39, 0.29) is 18.3 Å². The van der Waals surface area contributed by atoms with Gasteiger partial charge in [0.25, 0.3) is 0 Å². The van der Waals surface area contributed by atoms with Crippen LogP contribution in [0.25, 0.3) is 0 Å². The first-order valence-corrected chi connectivity index (χ1v) is 7.17. The molecule has 0 unspecified atom stereocenters. The van der Waals surface area contributed by atoms with Gasteiger partial charge in [-0.3, -0.25) is 14.9 Å². The highest BCUT2D eigenvalue weighted by Crippen LogP contribution is 2.26. The molecule has 0 aromatic rings. The Morgan fingerprint density at radius 1 is 1.48 bits per heavy atom. The number of unbranched alkanes of at least 4 members (excludes halogenated alkanes) is 1. The summed E-state index contributed by atoms with van der Waals surface area (Å²) >= 11 is 0. The molecule has 0 aromatic heterocycles. The average Bonchev–Trinajstić information content (AvgIpc) is 2.79. The highest BCUT2D eigenvalue weighted by molar-refractivity contribution is 6.40. The number of hydrogen-bond acceptors (Lipinski definition) is 6. The number of carboxylic acids is 1. The molecule has 8 nitrogen and oxygen atoms in total. The minimum atomic E-state index is -1.36. The van der Waals surface area contributed by atoms with Gasteiger partial charge in [-0.05, 0) is 26.1 Å². The largest absolute Gasteiger partial charge is 0.480 e. The van der Waals surface area contributed by atoms with Crippen LogP contribution in [0.1, 0.15) is 32.6 Å². The van der Waals surface area contributed by atoms with Crippen LogP contribution in [0.3, 0.4) is 0 Å². The van der Waals surface area contributed by atoms with Crippen LogP contribution in [-0.2, 0) is 9.59 Å². The Kier molecular flexibility index (Phi) is 6.60. The fourth-order valence-corrected chi connectivity index (χ4v) is 2.53. The summed E-state index contributed by atoms with van der Waals surface area (Å²) in [4.78, 5) is 23.1. The predicted octanol–water partition coefficient (Wildman–Crippen LogP) is -1.72. The van der Waals surface area contributed by atoms with Gasteiger partial charge in [-0.25, -0.2) is 0 Å². The van der Waals surface area contributed by atoms with Crippen molar-refractivity contribution in [3.05, 3.63) is 0 Å². The van der Waals surface area contributed by atoms with E-state index >= 15 is 0 Å². The summed E-state index contributed by atoms with van der Waals surface area (Å²) in [6, 6.07) is -0.890. The van der Waals surface area contributed by atoms with E-state index in [1.807, 2.05) is 0 Å². The minimum absolute atomic E-state index is 0.223. The van der Waals surface area contributed by atoms with Gasteiger partial charge in [0.1, 0.15) is 5.54 Å². The molecule has 1 fully saturated rings. The zero-order valence-electron chi connectivity index (χ0n) is 12.2. The third-order valence-corrected chi connectivity index (χ3v) is 3.77. The van der Waals surface area contributed by atoms with Gasteiger partial charge < -0.3 is 26.2 Å². The molecular weight excluding hydrogens is 277 g/mol. The van der Waals surface area contributed by atoms with Crippen molar-refractivity contribution < 1.29 is 24.7 Å².